The van der Waals surface area contributed by atoms with Crippen molar-refractivity contribution in [3.8, 4) is 0 Å². The van der Waals surface area contributed by atoms with Crippen molar-refractivity contribution in [1.82, 2.24) is 0 Å². The zero-order chi connectivity index (χ0) is 70.5. The van der Waals surface area contributed by atoms with Crippen molar-refractivity contribution in [2.75, 3.05) is 39.6 Å². The van der Waals surface area contributed by atoms with Crippen LogP contribution in [-0.2, 0) is 65.4 Å². The number of rotatable bonds is 75. The molecule has 0 saturated carbocycles. The molecule has 0 aromatic rings. The van der Waals surface area contributed by atoms with E-state index in [2.05, 4.69) is 58.9 Å². The molecule has 0 rings (SSSR count). The van der Waals surface area contributed by atoms with Gasteiger partial charge in [0.1, 0.15) is 19.3 Å². The topological polar surface area (TPSA) is 237 Å². The van der Waals surface area contributed by atoms with E-state index in [9.17, 15) is 43.2 Å². The molecule has 17 nitrogen and oxygen atoms in total. The van der Waals surface area contributed by atoms with E-state index >= 15 is 0 Å². The number of aliphatic hydroxyl groups is 1. The Balaban J connectivity index is 5.21. The number of allylic oxidation sites excluding steroid dienone is 4. The molecule has 3 N–H and O–H groups in total. The fraction of sp³-hybridized carbons (Fsp3) is 0.896. The first-order valence-electron chi connectivity index (χ1n) is 39.5. The Morgan fingerprint density at radius 1 is 0.323 bits per heavy atom. The van der Waals surface area contributed by atoms with Crippen LogP contribution in [0.5, 0.6) is 0 Å². The first-order chi connectivity index (χ1) is 46.5. The lowest BCUT2D eigenvalue weighted by atomic mass is 10.0. The Morgan fingerprint density at radius 2 is 0.562 bits per heavy atom. The van der Waals surface area contributed by atoms with Gasteiger partial charge in [-0.15, -0.1) is 0 Å². The van der Waals surface area contributed by atoms with Gasteiger partial charge in [0.25, 0.3) is 0 Å². The van der Waals surface area contributed by atoms with Crippen molar-refractivity contribution in [1.29, 1.82) is 0 Å². The average Bonchev–Trinajstić information content (AvgIpc) is 1.87. The Morgan fingerprint density at radius 3 is 0.854 bits per heavy atom. The second-order valence-corrected chi connectivity index (χ2v) is 30.4. The lowest BCUT2D eigenvalue weighted by molar-refractivity contribution is -0.161. The number of unbranched alkanes of at least 4 members (excludes halogenated alkanes) is 44. The fourth-order valence-corrected chi connectivity index (χ4v) is 12.9. The first-order valence-corrected chi connectivity index (χ1v) is 42.4. The lowest BCUT2D eigenvalue weighted by Gasteiger charge is -2.21. The standard InChI is InChI=1S/C77H146O17P2/c1-6-9-12-15-18-21-23-25-30-34-38-41-46-51-56-61-75(80)88-67-73(94-77(82)63-58-53-48-43-39-35-32-29-27-26-28-31-33-36-40-44-49-54-59-70(4)5)69-92-96(85,86)90-65-71(78)64-89-95(83,84)91-68-72(66-87-74(79)60-55-50-45-20-17-14-11-8-3)93-76(81)62-57-52-47-42-37-24-22-19-16-13-10-7-2/h21,23,25,30,70-73,78H,6-20,22,24,26-29,31-69H2,1-5H3,(H,83,84)(H,85,86)/b23-21-,30-25-/t71-,72+,73+/m0/s1. The van der Waals surface area contributed by atoms with E-state index < -0.39 is 97.5 Å². The minimum absolute atomic E-state index is 0.102. The van der Waals surface area contributed by atoms with E-state index in [0.717, 1.165) is 121 Å². The van der Waals surface area contributed by atoms with Gasteiger partial charge in [-0.1, -0.05) is 329 Å². The Bertz CT molecular complexity index is 1930. The van der Waals surface area contributed by atoms with Crippen LogP contribution < -0.4 is 0 Å². The summed E-state index contributed by atoms with van der Waals surface area (Å²) in [6.45, 7) is 7.24. The highest BCUT2D eigenvalue weighted by atomic mass is 31.2. The average molecular weight is 1410 g/mol. The lowest BCUT2D eigenvalue weighted by Crippen LogP contribution is -2.30. The summed E-state index contributed by atoms with van der Waals surface area (Å²) in [5.74, 6) is -1.33. The van der Waals surface area contributed by atoms with Gasteiger partial charge in [0.05, 0.1) is 26.4 Å². The van der Waals surface area contributed by atoms with Crippen LogP contribution in [0.25, 0.3) is 0 Å². The molecule has 0 spiro atoms. The molecule has 566 valence electrons. The molecule has 0 radical (unpaired) electrons. The van der Waals surface area contributed by atoms with Crippen LogP contribution in [0.1, 0.15) is 381 Å². The summed E-state index contributed by atoms with van der Waals surface area (Å²) in [7, 11) is -9.92. The van der Waals surface area contributed by atoms with Crippen molar-refractivity contribution < 1.29 is 80.2 Å². The zero-order valence-corrected chi connectivity index (χ0v) is 63.8. The molecule has 5 atom stereocenters. The molecule has 0 amide bonds. The van der Waals surface area contributed by atoms with Crippen molar-refractivity contribution in [3.05, 3.63) is 24.3 Å². The van der Waals surface area contributed by atoms with Gasteiger partial charge >= 0.3 is 39.5 Å². The van der Waals surface area contributed by atoms with Gasteiger partial charge in [0, 0.05) is 25.7 Å². The number of carbonyl (C=O) groups excluding carboxylic acids is 4. The number of aliphatic hydroxyl groups excluding tert-OH is 1. The number of ether oxygens (including phenoxy) is 4. The van der Waals surface area contributed by atoms with Crippen LogP contribution >= 0.6 is 15.6 Å². The number of hydrogen-bond donors (Lipinski definition) is 3. The van der Waals surface area contributed by atoms with E-state index in [-0.39, 0.29) is 25.7 Å². The molecule has 0 aliphatic rings. The Kier molecular flexibility index (Phi) is 67.8. The van der Waals surface area contributed by atoms with Gasteiger partial charge in [-0.05, 0) is 57.3 Å². The maximum atomic E-state index is 13.1. The largest absolute Gasteiger partial charge is 0.472 e. The van der Waals surface area contributed by atoms with Gasteiger partial charge in [-0.3, -0.25) is 37.3 Å². The summed E-state index contributed by atoms with van der Waals surface area (Å²) in [6, 6.07) is 0. The first kappa shape index (κ1) is 93.5. The minimum Gasteiger partial charge on any atom is -0.462 e. The highest BCUT2D eigenvalue weighted by Gasteiger charge is 2.30. The van der Waals surface area contributed by atoms with E-state index in [1.165, 1.54) is 180 Å². The highest BCUT2D eigenvalue weighted by Crippen LogP contribution is 2.45. The molecule has 0 aliphatic heterocycles. The van der Waals surface area contributed by atoms with Crippen molar-refractivity contribution in [2.45, 2.75) is 400 Å². The third-order valence-electron chi connectivity index (χ3n) is 17.4. The normalized spacial score (nSPS) is 14.1. The third kappa shape index (κ3) is 70.0. The summed E-state index contributed by atoms with van der Waals surface area (Å²) >= 11 is 0. The van der Waals surface area contributed by atoms with Crippen LogP contribution in [0.4, 0.5) is 0 Å². The molecule has 0 fully saturated rings. The molecular formula is C77H146O17P2. The van der Waals surface area contributed by atoms with Crippen LogP contribution in [0, 0.1) is 5.92 Å². The molecule has 0 saturated heterocycles. The fourth-order valence-electron chi connectivity index (χ4n) is 11.3. The number of phosphoric ester groups is 2. The second-order valence-electron chi connectivity index (χ2n) is 27.5. The molecule has 0 aromatic carbocycles. The molecule has 2 unspecified atom stereocenters. The van der Waals surface area contributed by atoms with Gasteiger partial charge in [0.2, 0.25) is 0 Å². The SMILES string of the molecule is CCCCCC/C=C\C=C/CCCCCCCC(=O)OC[C@H](COP(=O)(O)OC[C@@H](O)COP(=O)(O)OC[C@@H](COC(=O)CCCCCCCCCC)OC(=O)CCCCCCCCCCCCCC)OC(=O)CCCCCCCCCCCCCCCCCCCCC(C)C. The minimum atomic E-state index is -4.96. The van der Waals surface area contributed by atoms with E-state index in [1.807, 2.05) is 0 Å². The van der Waals surface area contributed by atoms with Crippen molar-refractivity contribution >= 4 is 39.5 Å². The number of carbonyl (C=O) groups is 4. The van der Waals surface area contributed by atoms with Gasteiger partial charge in [-0.2, -0.15) is 0 Å². The molecular weight excluding hydrogens is 1260 g/mol. The molecule has 0 heterocycles. The summed E-state index contributed by atoms with van der Waals surface area (Å²) in [4.78, 5) is 72.7. The molecule has 19 heteroatoms. The maximum absolute atomic E-state index is 13.1. The highest BCUT2D eigenvalue weighted by molar-refractivity contribution is 7.47. The number of phosphoric acid groups is 2. The van der Waals surface area contributed by atoms with E-state index in [0.29, 0.717) is 25.7 Å². The molecule has 0 bridgehead atoms. The van der Waals surface area contributed by atoms with Crippen LogP contribution in [0.3, 0.4) is 0 Å². The number of esters is 4. The van der Waals surface area contributed by atoms with E-state index in [1.54, 1.807) is 0 Å². The summed E-state index contributed by atoms with van der Waals surface area (Å²) in [5, 5.41) is 10.6. The Hall–Kier alpha value is -2.46. The van der Waals surface area contributed by atoms with Gasteiger partial charge in [0.15, 0.2) is 12.2 Å². The predicted octanol–water partition coefficient (Wildman–Crippen LogP) is 22.4. The van der Waals surface area contributed by atoms with Crippen molar-refractivity contribution in [2.24, 2.45) is 5.92 Å². The predicted molar refractivity (Wildman–Crippen MR) is 391 cm³/mol. The van der Waals surface area contributed by atoms with Gasteiger partial charge in [-0.25, -0.2) is 9.13 Å². The van der Waals surface area contributed by atoms with Crippen LogP contribution in [0.15, 0.2) is 24.3 Å². The zero-order valence-electron chi connectivity index (χ0n) is 62.0. The summed E-state index contributed by atoms with van der Waals surface area (Å²) in [5.41, 5.74) is 0. The van der Waals surface area contributed by atoms with Gasteiger partial charge < -0.3 is 33.8 Å². The van der Waals surface area contributed by atoms with E-state index in [4.69, 9.17) is 37.0 Å². The summed E-state index contributed by atoms with van der Waals surface area (Å²) in [6.07, 6.45) is 61.9. The smallest absolute Gasteiger partial charge is 0.462 e. The monoisotopic (exact) mass is 1410 g/mol. The second kappa shape index (κ2) is 69.6. The number of hydrogen-bond acceptors (Lipinski definition) is 15. The molecule has 96 heavy (non-hydrogen) atoms. The molecule has 0 aliphatic carbocycles. The summed E-state index contributed by atoms with van der Waals surface area (Å²) < 4.78 is 68.4. The maximum Gasteiger partial charge on any atom is 0.472 e. The van der Waals surface area contributed by atoms with Crippen LogP contribution in [-0.4, -0.2) is 96.7 Å². The van der Waals surface area contributed by atoms with Crippen molar-refractivity contribution in [3.63, 3.8) is 0 Å². The third-order valence-corrected chi connectivity index (χ3v) is 19.3. The Labute approximate surface area is 586 Å². The van der Waals surface area contributed by atoms with Crippen LogP contribution in [0.2, 0.25) is 0 Å². The quantitative estimate of drug-likeness (QED) is 0.0169. The molecule has 0 aromatic heterocycles.